The highest BCUT2D eigenvalue weighted by Gasteiger charge is 2.33. The SMILES string of the molecule is CNC(=O)C(O)[C@H](CC1CC1)NC(=O)OCc1ccccc1. The van der Waals surface area contributed by atoms with E-state index >= 15 is 0 Å². The first-order chi connectivity index (χ1) is 10.6. The first-order valence-electron chi connectivity index (χ1n) is 7.47. The molecule has 0 aromatic heterocycles. The molecular weight excluding hydrogens is 284 g/mol. The Bertz CT molecular complexity index is 502. The average molecular weight is 306 g/mol. The number of alkyl carbamates (subject to hydrolysis) is 1. The van der Waals surface area contributed by atoms with Crippen molar-refractivity contribution in [2.45, 2.75) is 38.0 Å². The average Bonchev–Trinajstić information content (AvgIpc) is 3.36. The summed E-state index contributed by atoms with van der Waals surface area (Å²) in [6.45, 7) is 0.152. The molecule has 6 heteroatoms. The molecule has 2 rings (SSSR count). The molecular formula is C16H22N2O4. The largest absolute Gasteiger partial charge is 0.445 e. The van der Waals surface area contributed by atoms with Crippen molar-refractivity contribution in [3.63, 3.8) is 0 Å². The van der Waals surface area contributed by atoms with Gasteiger partial charge in [-0.15, -0.1) is 0 Å². The summed E-state index contributed by atoms with van der Waals surface area (Å²) in [5, 5.41) is 15.0. The molecule has 0 bridgehead atoms. The number of carbonyl (C=O) groups excluding carboxylic acids is 2. The van der Waals surface area contributed by atoms with Gasteiger partial charge in [0.25, 0.3) is 5.91 Å². The first-order valence-corrected chi connectivity index (χ1v) is 7.47. The molecule has 2 atom stereocenters. The third-order valence-corrected chi connectivity index (χ3v) is 3.70. The second-order valence-electron chi connectivity index (χ2n) is 5.55. The van der Waals surface area contributed by atoms with Gasteiger partial charge in [0, 0.05) is 7.05 Å². The van der Waals surface area contributed by atoms with Crippen molar-refractivity contribution < 1.29 is 19.4 Å². The van der Waals surface area contributed by atoms with Crippen LogP contribution in [0.15, 0.2) is 30.3 Å². The molecule has 0 spiro atoms. The van der Waals surface area contributed by atoms with Crippen LogP contribution in [0.2, 0.25) is 0 Å². The quantitative estimate of drug-likeness (QED) is 0.706. The van der Waals surface area contributed by atoms with Crippen molar-refractivity contribution >= 4 is 12.0 Å². The van der Waals surface area contributed by atoms with E-state index in [4.69, 9.17) is 4.74 Å². The lowest BCUT2D eigenvalue weighted by atomic mass is 10.0. The minimum absolute atomic E-state index is 0.152. The number of nitrogens with one attached hydrogen (secondary N) is 2. The van der Waals surface area contributed by atoms with E-state index in [1.54, 1.807) is 0 Å². The normalized spacial score (nSPS) is 16.5. The minimum Gasteiger partial charge on any atom is -0.445 e. The maximum absolute atomic E-state index is 11.9. The smallest absolute Gasteiger partial charge is 0.407 e. The zero-order chi connectivity index (χ0) is 15.9. The lowest BCUT2D eigenvalue weighted by Crippen LogP contribution is -2.50. The van der Waals surface area contributed by atoms with Crippen LogP contribution in [0.5, 0.6) is 0 Å². The molecule has 1 aliphatic rings. The van der Waals surface area contributed by atoms with Crippen LogP contribution in [0.25, 0.3) is 0 Å². The summed E-state index contributed by atoms with van der Waals surface area (Å²) in [5.74, 6) is -0.0484. The van der Waals surface area contributed by atoms with Crippen LogP contribution >= 0.6 is 0 Å². The van der Waals surface area contributed by atoms with Crippen molar-refractivity contribution in [2.75, 3.05) is 7.05 Å². The summed E-state index contributed by atoms with van der Waals surface area (Å²) in [5.41, 5.74) is 0.878. The summed E-state index contributed by atoms with van der Waals surface area (Å²) < 4.78 is 5.13. The summed E-state index contributed by atoms with van der Waals surface area (Å²) in [4.78, 5) is 23.4. The van der Waals surface area contributed by atoms with E-state index in [1.807, 2.05) is 30.3 Å². The van der Waals surface area contributed by atoms with Gasteiger partial charge in [0.05, 0.1) is 6.04 Å². The monoisotopic (exact) mass is 306 g/mol. The zero-order valence-corrected chi connectivity index (χ0v) is 12.6. The van der Waals surface area contributed by atoms with E-state index < -0.39 is 24.1 Å². The molecule has 1 aromatic rings. The van der Waals surface area contributed by atoms with Gasteiger partial charge in [-0.25, -0.2) is 4.79 Å². The van der Waals surface area contributed by atoms with Gasteiger partial charge in [-0.1, -0.05) is 43.2 Å². The van der Waals surface area contributed by atoms with E-state index in [9.17, 15) is 14.7 Å². The molecule has 3 N–H and O–H groups in total. The number of rotatable bonds is 7. The number of aliphatic hydroxyl groups is 1. The number of carbonyl (C=O) groups is 2. The van der Waals surface area contributed by atoms with Crippen LogP contribution in [0.4, 0.5) is 4.79 Å². The van der Waals surface area contributed by atoms with Gasteiger partial charge < -0.3 is 20.5 Å². The van der Waals surface area contributed by atoms with Gasteiger partial charge >= 0.3 is 6.09 Å². The predicted octanol–water partition coefficient (Wildman–Crippen LogP) is 1.19. The van der Waals surface area contributed by atoms with Crippen molar-refractivity contribution in [3.05, 3.63) is 35.9 Å². The Morgan fingerprint density at radius 1 is 1.32 bits per heavy atom. The second-order valence-corrected chi connectivity index (χ2v) is 5.55. The number of benzene rings is 1. The molecule has 0 aliphatic heterocycles. The number of hydrogen-bond donors (Lipinski definition) is 3. The summed E-state index contributed by atoms with van der Waals surface area (Å²) in [7, 11) is 1.45. The number of likely N-dealkylation sites (N-methyl/N-ethyl adjacent to an activating group) is 1. The molecule has 1 aliphatic carbocycles. The van der Waals surface area contributed by atoms with Crippen LogP contribution in [0.3, 0.4) is 0 Å². The lowest BCUT2D eigenvalue weighted by Gasteiger charge is -2.22. The molecule has 1 fully saturated rings. The van der Waals surface area contributed by atoms with E-state index in [2.05, 4.69) is 10.6 Å². The third-order valence-electron chi connectivity index (χ3n) is 3.70. The predicted molar refractivity (Wildman–Crippen MR) is 81.0 cm³/mol. The highest BCUT2D eigenvalue weighted by Crippen LogP contribution is 2.34. The highest BCUT2D eigenvalue weighted by molar-refractivity contribution is 5.81. The third kappa shape index (κ3) is 5.04. The molecule has 6 nitrogen and oxygen atoms in total. The molecule has 0 heterocycles. The fourth-order valence-corrected chi connectivity index (χ4v) is 2.23. The molecule has 120 valence electrons. The molecule has 1 saturated carbocycles. The van der Waals surface area contributed by atoms with E-state index in [0.29, 0.717) is 12.3 Å². The Hall–Kier alpha value is -2.08. The number of hydrogen-bond acceptors (Lipinski definition) is 4. The summed E-state index contributed by atoms with van der Waals surface area (Å²) >= 11 is 0. The fraction of sp³-hybridized carbons (Fsp3) is 0.500. The van der Waals surface area contributed by atoms with Gasteiger partial charge in [0.15, 0.2) is 6.10 Å². The molecule has 1 unspecified atom stereocenters. The Morgan fingerprint density at radius 2 is 2.00 bits per heavy atom. The lowest BCUT2D eigenvalue weighted by molar-refractivity contribution is -0.130. The van der Waals surface area contributed by atoms with E-state index in [-0.39, 0.29) is 6.61 Å². The molecule has 0 saturated heterocycles. The first kappa shape index (κ1) is 16.3. The number of aliphatic hydroxyl groups excluding tert-OH is 1. The summed E-state index contributed by atoms with van der Waals surface area (Å²) in [6, 6.07) is 8.69. The van der Waals surface area contributed by atoms with Crippen molar-refractivity contribution in [2.24, 2.45) is 5.92 Å². The van der Waals surface area contributed by atoms with Gasteiger partial charge in [-0.3, -0.25) is 4.79 Å². The Morgan fingerprint density at radius 3 is 2.59 bits per heavy atom. The van der Waals surface area contributed by atoms with Crippen LogP contribution in [0, 0.1) is 5.92 Å². The molecule has 1 aromatic carbocycles. The van der Waals surface area contributed by atoms with Gasteiger partial charge in [-0.2, -0.15) is 0 Å². The maximum Gasteiger partial charge on any atom is 0.407 e. The molecule has 22 heavy (non-hydrogen) atoms. The van der Waals surface area contributed by atoms with Crippen LogP contribution in [-0.2, 0) is 16.1 Å². The van der Waals surface area contributed by atoms with E-state index in [0.717, 1.165) is 18.4 Å². The fourth-order valence-electron chi connectivity index (χ4n) is 2.23. The van der Waals surface area contributed by atoms with Crippen molar-refractivity contribution in [1.82, 2.24) is 10.6 Å². The zero-order valence-electron chi connectivity index (χ0n) is 12.6. The topological polar surface area (TPSA) is 87.7 Å². The Balaban J connectivity index is 1.85. The van der Waals surface area contributed by atoms with Gasteiger partial charge in [0.2, 0.25) is 0 Å². The second kappa shape index (κ2) is 7.79. The minimum atomic E-state index is -1.27. The van der Waals surface area contributed by atoms with Crippen molar-refractivity contribution in [1.29, 1.82) is 0 Å². The Labute approximate surface area is 129 Å². The van der Waals surface area contributed by atoms with Crippen LogP contribution in [0.1, 0.15) is 24.8 Å². The number of ether oxygens (including phenoxy) is 1. The molecule has 0 radical (unpaired) electrons. The van der Waals surface area contributed by atoms with Crippen LogP contribution < -0.4 is 10.6 Å². The van der Waals surface area contributed by atoms with E-state index in [1.165, 1.54) is 7.05 Å². The highest BCUT2D eigenvalue weighted by atomic mass is 16.5. The molecule has 2 amide bonds. The number of amides is 2. The van der Waals surface area contributed by atoms with Crippen molar-refractivity contribution in [3.8, 4) is 0 Å². The summed E-state index contributed by atoms with van der Waals surface area (Å²) in [6.07, 6.45) is 0.817. The maximum atomic E-state index is 11.9. The van der Waals surface area contributed by atoms with Gasteiger partial charge in [-0.05, 0) is 17.9 Å². The standard InChI is InChI=1S/C16H22N2O4/c1-17-15(20)14(19)13(9-11-7-8-11)18-16(21)22-10-12-5-3-2-4-6-12/h2-6,11,13-14,19H,7-10H2,1H3,(H,17,20)(H,18,21)/t13-,14?/m0/s1. The van der Waals surface area contributed by atoms with Crippen LogP contribution in [-0.4, -0.2) is 36.3 Å². The van der Waals surface area contributed by atoms with Gasteiger partial charge in [0.1, 0.15) is 6.61 Å². The Kier molecular flexibility index (Phi) is 5.77.